The topological polar surface area (TPSA) is 121 Å². The van der Waals surface area contributed by atoms with E-state index < -0.39 is 6.04 Å². The molecule has 2 heterocycles. The molecule has 1 aliphatic heterocycles. The number of nitrogens with two attached hydrogens (primary N) is 1. The number of rotatable bonds is 9. The van der Waals surface area contributed by atoms with Gasteiger partial charge in [0.1, 0.15) is 17.7 Å². The normalized spacial score (nSPS) is 13.3. The second kappa shape index (κ2) is 10.4. The number of nitrogens with one attached hydrogen (secondary N) is 1. The van der Waals surface area contributed by atoms with E-state index in [4.69, 9.17) is 24.5 Å². The van der Waals surface area contributed by atoms with Gasteiger partial charge in [-0.3, -0.25) is 9.79 Å². The van der Waals surface area contributed by atoms with Gasteiger partial charge in [0, 0.05) is 30.0 Å². The third kappa shape index (κ3) is 5.04. The molecule has 1 amide bonds. The summed E-state index contributed by atoms with van der Waals surface area (Å²) in [6.45, 7) is 1.93. The summed E-state index contributed by atoms with van der Waals surface area (Å²) in [6, 6.07) is 8.55. The van der Waals surface area contributed by atoms with Crippen molar-refractivity contribution in [2.75, 3.05) is 26.6 Å². The molecule has 0 fully saturated rings. The number of aryl methyl sites for hydroxylation is 1. The van der Waals surface area contributed by atoms with Crippen molar-refractivity contribution in [2.24, 2.45) is 10.7 Å². The van der Waals surface area contributed by atoms with Crippen LogP contribution in [0.1, 0.15) is 18.4 Å². The van der Waals surface area contributed by atoms with E-state index >= 15 is 0 Å². The van der Waals surface area contributed by atoms with Gasteiger partial charge in [0.05, 0.1) is 33.1 Å². The molecule has 182 valence electrons. The fourth-order valence-electron chi connectivity index (χ4n) is 4.03. The number of hydrogen-bond acceptors (Lipinski definition) is 8. The van der Waals surface area contributed by atoms with Gasteiger partial charge in [-0.15, -0.1) is 0 Å². The van der Waals surface area contributed by atoms with Gasteiger partial charge in [0.15, 0.2) is 11.5 Å². The minimum absolute atomic E-state index is 0.311. The number of ether oxygens (including phenoxy) is 3. The fourth-order valence-corrected chi connectivity index (χ4v) is 4.03. The van der Waals surface area contributed by atoms with E-state index in [1.54, 1.807) is 46.1 Å². The molecule has 1 atom stereocenters. The van der Waals surface area contributed by atoms with Crippen molar-refractivity contribution in [2.45, 2.75) is 25.8 Å². The number of aliphatic imine (C=N–C) groups is 1. The summed E-state index contributed by atoms with van der Waals surface area (Å²) in [5.41, 5.74) is 11.5. The Morgan fingerprint density at radius 3 is 2.60 bits per heavy atom. The Morgan fingerprint density at radius 2 is 1.91 bits per heavy atom. The average Bonchev–Trinajstić information content (AvgIpc) is 3.55. The second-order valence-corrected chi connectivity index (χ2v) is 8.14. The van der Waals surface area contributed by atoms with Crippen LogP contribution in [-0.4, -0.2) is 44.6 Å². The first-order valence-electron chi connectivity index (χ1n) is 11.1. The molecule has 0 bridgehead atoms. The summed E-state index contributed by atoms with van der Waals surface area (Å²) in [6.07, 6.45) is 6.25. The smallest absolute Gasteiger partial charge is 0.241 e. The second-order valence-electron chi connectivity index (χ2n) is 8.14. The monoisotopic (exact) mass is 476 g/mol. The molecule has 0 radical (unpaired) electrons. The molecule has 3 N–H and O–H groups in total. The Kier molecular flexibility index (Phi) is 7.17. The molecule has 0 aliphatic carbocycles. The number of carbonyl (C=O) groups is 1. The molecule has 4 rings (SSSR count). The van der Waals surface area contributed by atoms with Crippen molar-refractivity contribution in [3.8, 4) is 39.6 Å². The Bertz CT molecular complexity index is 1290. The predicted molar refractivity (Wildman–Crippen MR) is 134 cm³/mol. The summed E-state index contributed by atoms with van der Waals surface area (Å²) >= 11 is 0. The van der Waals surface area contributed by atoms with Crippen LogP contribution in [0.4, 0.5) is 5.69 Å². The van der Waals surface area contributed by atoms with Crippen LogP contribution < -0.4 is 25.3 Å². The molecule has 0 saturated heterocycles. The summed E-state index contributed by atoms with van der Waals surface area (Å²) in [4.78, 5) is 16.9. The molecule has 9 heteroatoms. The summed E-state index contributed by atoms with van der Waals surface area (Å²) in [5.74, 6) is 1.45. The van der Waals surface area contributed by atoms with Crippen molar-refractivity contribution in [1.29, 1.82) is 0 Å². The Balaban J connectivity index is 1.64. The van der Waals surface area contributed by atoms with E-state index in [-0.39, 0.29) is 5.91 Å². The van der Waals surface area contributed by atoms with Crippen LogP contribution in [0.3, 0.4) is 0 Å². The molecule has 0 spiro atoms. The van der Waals surface area contributed by atoms with Gasteiger partial charge in [-0.2, -0.15) is 0 Å². The summed E-state index contributed by atoms with van der Waals surface area (Å²) in [7, 11) is 4.73. The van der Waals surface area contributed by atoms with E-state index in [9.17, 15) is 4.79 Å². The van der Waals surface area contributed by atoms with Crippen molar-refractivity contribution < 1.29 is 23.5 Å². The number of methoxy groups -OCH3 is 3. The highest BCUT2D eigenvalue weighted by molar-refractivity contribution is 5.97. The average molecular weight is 477 g/mol. The van der Waals surface area contributed by atoms with Crippen LogP contribution in [0.25, 0.3) is 22.4 Å². The maximum Gasteiger partial charge on any atom is 0.241 e. The van der Waals surface area contributed by atoms with Gasteiger partial charge >= 0.3 is 0 Å². The van der Waals surface area contributed by atoms with Crippen molar-refractivity contribution in [3.63, 3.8) is 0 Å². The third-order valence-electron chi connectivity index (χ3n) is 5.81. The lowest BCUT2D eigenvalue weighted by atomic mass is 9.99. The molecule has 3 aromatic rings. The van der Waals surface area contributed by atoms with E-state index in [0.29, 0.717) is 41.5 Å². The lowest BCUT2D eigenvalue weighted by Gasteiger charge is -2.16. The lowest BCUT2D eigenvalue weighted by Crippen LogP contribution is -2.36. The van der Waals surface area contributed by atoms with Crippen molar-refractivity contribution >= 4 is 17.8 Å². The number of aromatic nitrogens is 1. The van der Waals surface area contributed by atoms with E-state index in [1.807, 2.05) is 31.2 Å². The van der Waals surface area contributed by atoms with Crippen molar-refractivity contribution in [3.05, 3.63) is 53.9 Å². The SMILES string of the molecule is COc1ccc(-c2conc2-c2cc(C)c(OC)c(OC)c2)cc1NC(=O)C(N)CC1=CN=CC1. The number of hydrogen-bond donors (Lipinski definition) is 2. The lowest BCUT2D eigenvalue weighted by molar-refractivity contribution is -0.117. The minimum Gasteiger partial charge on any atom is -0.495 e. The van der Waals surface area contributed by atoms with Gasteiger partial charge in [-0.1, -0.05) is 11.2 Å². The first kappa shape index (κ1) is 24.0. The Morgan fingerprint density at radius 1 is 1.11 bits per heavy atom. The molecule has 1 aliphatic rings. The number of amides is 1. The molecular weight excluding hydrogens is 448 g/mol. The zero-order chi connectivity index (χ0) is 24.9. The maximum atomic E-state index is 12.8. The van der Waals surface area contributed by atoms with Crippen LogP contribution in [-0.2, 0) is 4.79 Å². The highest BCUT2D eigenvalue weighted by atomic mass is 16.5. The predicted octanol–water partition coefficient (Wildman–Crippen LogP) is 4.36. The molecule has 0 saturated carbocycles. The van der Waals surface area contributed by atoms with Gasteiger partial charge in [0.25, 0.3) is 0 Å². The molecule has 1 aromatic heterocycles. The van der Waals surface area contributed by atoms with Crippen LogP contribution in [0, 0.1) is 6.92 Å². The zero-order valence-electron chi connectivity index (χ0n) is 20.1. The molecule has 9 nitrogen and oxygen atoms in total. The van der Waals surface area contributed by atoms with Crippen LogP contribution >= 0.6 is 0 Å². The number of anilines is 1. The summed E-state index contributed by atoms with van der Waals surface area (Å²) in [5, 5.41) is 7.12. The van der Waals surface area contributed by atoms with E-state index in [1.165, 1.54) is 0 Å². The van der Waals surface area contributed by atoms with Crippen LogP contribution in [0.5, 0.6) is 17.2 Å². The number of benzene rings is 2. The Labute approximate surface area is 203 Å². The van der Waals surface area contributed by atoms with Gasteiger partial charge in [0.2, 0.25) is 5.91 Å². The van der Waals surface area contributed by atoms with Crippen LogP contribution in [0.15, 0.2) is 57.9 Å². The fraction of sp³-hybridized carbons (Fsp3) is 0.269. The first-order chi connectivity index (χ1) is 16.9. The van der Waals surface area contributed by atoms with Gasteiger partial charge in [-0.05, 0) is 54.3 Å². The third-order valence-corrected chi connectivity index (χ3v) is 5.81. The van der Waals surface area contributed by atoms with Gasteiger partial charge < -0.3 is 29.8 Å². The minimum atomic E-state index is -0.711. The van der Waals surface area contributed by atoms with Crippen molar-refractivity contribution in [1.82, 2.24) is 5.16 Å². The Hall–Kier alpha value is -4.11. The molecule has 35 heavy (non-hydrogen) atoms. The van der Waals surface area contributed by atoms with Crippen LogP contribution in [0.2, 0.25) is 0 Å². The first-order valence-corrected chi connectivity index (χ1v) is 11.1. The van der Waals surface area contributed by atoms with Gasteiger partial charge in [-0.25, -0.2) is 0 Å². The summed E-state index contributed by atoms with van der Waals surface area (Å²) < 4.78 is 21.7. The van der Waals surface area contributed by atoms with E-state index in [0.717, 1.165) is 27.8 Å². The highest BCUT2D eigenvalue weighted by Gasteiger charge is 2.21. The molecule has 1 unspecified atom stereocenters. The van der Waals surface area contributed by atoms with E-state index in [2.05, 4.69) is 15.5 Å². The standard InChI is InChI=1S/C26H28N4O5/c1-15-9-18(12-23(33-3)25(15)34-4)24-19(14-35-30-24)17-5-6-22(32-2)21(11-17)29-26(31)20(27)10-16-7-8-28-13-16/h5-6,8-9,11-14,20H,7,10,27H2,1-4H3,(H,29,31). The number of nitrogens with zero attached hydrogens (tertiary/aromatic N) is 2. The zero-order valence-corrected chi connectivity index (χ0v) is 20.1. The largest absolute Gasteiger partial charge is 0.495 e. The molecule has 2 aromatic carbocycles. The maximum absolute atomic E-state index is 12.8. The highest BCUT2D eigenvalue weighted by Crippen LogP contribution is 2.40. The molecular formula is C26H28N4O5. The quantitative estimate of drug-likeness (QED) is 0.471. The number of carbonyl (C=O) groups excluding carboxylic acids is 1.